The molecule has 0 amide bonds. The lowest BCUT2D eigenvalue weighted by atomic mass is 9.86. The Morgan fingerprint density at radius 3 is 2.33 bits per heavy atom. The smallest absolute Gasteiger partial charge is 0.356 e. The van der Waals surface area contributed by atoms with Crippen LogP contribution in [0.5, 0.6) is 0 Å². The fourth-order valence-electron chi connectivity index (χ4n) is 2.56. The number of nitrogen functional groups attached to an aromatic ring is 2. The molecule has 0 aromatic carbocycles. The van der Waals surface area contributed by atoms with Crippen LogP contribution in [0.3, 0.4) is 0 Å². The standard InChI is InChI=1S/C11H16N4O3/c12-8-9(7-4-2-1-3-5-7)15(13)11(18)14(6-16)10(8)17/h6-7H,1-5,12-13H2. The number of aromatic nitrogens is 2. The van der Waals surface area contributed by atoms with Gasteiger partial charge in [-0.1, -0.05) is 19.3 Å². The van der Waals surface area contributed by atoms with E-state index >= 15 is 0 Å². The number of carbonyl (C=O) groups excluding carboxylic acids is 1. The first-order valence-corrected chi connectivity index (χ1v) is 5.95. The van der Waals surface area contributed by atoms with Crippen LogP contribution in [0, 0.1) is 0 Å². The summed E-state index contributed by atoms with van der Waals surface area (Å²) in [6.45, 7) is 0. The number of nitrogens with two attached hydrogens (primary N) is 2. The first-order valence-electron chi connectivity index (χ1n) is 5.95. The van der Waals surface area contributed by atoms with E-state index in [0.29, 0.717) is 10.3 Å². The summed E-state index contributed by atoms with van der Waals surface area (Å²) in [7, 11) is 0. The Bertz CT molecular complexity index is 544. The second-order valence-corrected chi connectivity index (χ2v) is 4.57. The molecule has 0 spiro atoms. The Kier molecular flexibility index (Phi) is 3.22. The zero-order valence-corrected chi connectivity index (χ0v) is 9.96. The van der Waals surface area contributed by atoms with Crippen molar-refractivity contribution in [3.63, 3.8) is 0 Å². The molecule has 1 heterocycles. The molecule has 98 valence electrons. The quantitative estimate of drug-likeness (QED) is 0.538. The van der Waals surface area contributed by atoms with Crippen LogP contribution in [0.15, 0.2) is 9.59 Å². The van der Waals surface area contributed by atoms with Crippen molar-refractivity contribution in [1.82, 2.24) is 9.24 Å². The summed E-state index contributed by atoms with van der Waals surface area (Å²) in [4.78, 5) is 34.2. The number of rotatable bonds is 2. The van der Waals surface area contributed by atoms with Crippen molar-refractivity contribution in [3.05, 3.63) is 26.5 Å². The Balaban J connectivity index is 2.64. The van der Waals surface area contributed by atoms with E-state index in [0.717, 1.165) is 36.8 Å². The van der Waals surface area contributed by atoms with E-state index in [1.165, 1.54) is 0 Å². The lowest BCUT2D eigenvalue weighted by Crippen LogP contribution is -2.46. The van der Waals surface area contributed by atoms with Crippen LogP contribution in [0.25, 0.3) is 0 Å². The van der Waals surface area contributed by atoms with Crippen LogP contribution in [0.4, 0.5) is 5.69 Å². The fourth-order valence-corrected chi connectivity index (χ4v) is 2.56. The molecule has 1 aromatic heterocycles. The lowest BCUT2D eigenvalue weighted by Gasteiger charge is -2.24. The van der Waals surface area contributed by atoms with Crippen molar-refractivity contribution in [2.24, 2.45) is 0 Å². The second kappa shape index (κ2) is 4.67. The maximum atomic E-state index is 11.8. The summed E-state index contributed by atoms with van der Waals surface area (Å²) in [5.74, 6) is 5.68. The van der Waals surface area contributed by atoms with E-state index in [9.17, 15) is 14.4 Å². The Labute approximate surface area is 103 Å². The van der Waals surface area contributed by atoms with Crippen LogP contribution < -0.4 is 22.8 Å². The zero-order valence-electron chi connectivity index (χ0n) is 9.96. The van der Waals surface area contributed by atoms with E-state index in [1.807, 2.05) is 0 Å². The SMILES string of the molecule is Nc1c(C2CCCCC2)n(N)c(=O)n(C=O)c1=O. The van der Waals surface area contributed by atoms with E-state index < -0.39 is 11.2 Å². The van der Waals surface area contributed by atoms with Gasteiger partial charge in [0.05, 0.1) is 5.69 Å². The maximum Gasteiger partial charge on any atom is 0.356 e. The third kappa shape index (κ3) is 1.81. The minimum atomic E-state index is -0.843. The van der Waals surface area contributed by atoms with Crippen molar-refractivity contribution in [2.45, 2.75) is 38.0 Å². The maximum absolute atomic E-state index is 11.8. The molecule has 0 saturated heterocycles. The van der Waals surface area contributed by atoms with Gasteiger partial charge in [0.1, 0.15) is 5.69 Å². The zero-order chi connectivity index (χ0) is 13.3. The van der Waals surface area contributed by atoms with Gasteiger partial charge in [-0.05, 0) is 12.8 Å². The van der Waals surface area contributed by atoms with Gasteiger partial charge >= 0.3 is 5.69 Å². The Hall–Kier alpha value is -2.05. The predicted molar refractivity (Wildman–Crippen MR) is 67.5 cm³/mol. The summed E-state index contributed by atoms with van der Waals surface area (Å²) < 4.78 is 1.22. The van der Waals surface area contributed by atoms with Gasteiger partial charge in [-0.3, -0.25) is 9.59 Å². The summed E-state index contributed by atoms with van der Waals surface area (Å²) in [5, 5.41) is 0. The van der Waals surface area contributed by atoms with Crippen molar-refractivity contribution >= 4 is 12.1 Å². The molecule has 0 bridgehead atoms. The molecule has 1 aliphatic carbocycles. The molecule has 0 unspecified atom stereocenters. The van der Waals surface area contributed by atoms with Crippen LogP contribution in [0.2, 0.25) is 0 Å². The number of hydrogen-bond acceptors (Lipinski definition) is 5. The van der Waals surface area contributed by atoms with E-state index in [1.54, 1.807) is 0 Å². The minimum Gasteiger partial charge on any atom is -0.393 e. The monoisotopic (exact) mass is 252 g/mol. The van der Waals surface area contributed by atoms with Gasteiger partial charge in [0, 0.05) is 5.92 Å². The van der Waals surface area contributed by atoms with Gasteiger partial charge < -0.3 is 11.6 Å². The van der Waals surface area contributed by atoms with Gasteiger partial charge in [0.2, 0.25) is 6.41 Å². The van der Waals surface area contributed by atoms with Gasteiger partial charge in [0.25, 0.3) is 5.56 Å². The van der Waals surface area contributed by atoms with Crippen LogP contribution in [-0.2, 0) is 4.79 Å². The topological polar surface area (TPSA) is 113 Å². The first kappa shape index (κ1) is 12.4. The third-order valence-corrected chi connectivity index (χ3v) is 3.49. The molecule has 7 nitrogen and oxygen atoms in total. The average molecular weight is 252 g/mol. The van der Waals surface area contributed by atoms with Crippen molar-refractivity contribution < 1.29 is 4.79 Å². The molecule has 0 radical (unpaired) electrons. The minimum absolute atomic E-state index is 0.0189. The molecule has 1 saturated carbocycles. The van der Waals surface area contributed by atoms with Crippen LogP contribution >= 0.6 is 0 Å². The fraction of sp³-hybridized carbons (Fsp3) is 0.545. The lowest BCUT2D eigenvalue weighted by molar-refractivity contribution is 0.426. The van der Waals surface area contributed by atoms with Gasteiger partial charge in [-0.15, -0.1) is 0 Å². The molecule has 7 heteroatoms. The first-order chi connectivity index (χ1) is 8.57. The number of carbonyl (C=O) groups is 1. The van der Waals surface area contributed by atoms with E-state index in [2.05, 4.69) is 0 Å². The van der Waals surface area contributed by atoms with E-state index in [4.69, 9.17) is 11.6 Å². The predicted octanol–water partition coefficient (Wildman–Crippen LogP) is -0.608. The van der Waals surface area contributed by atoms with Crippen molar-refractivity contribution in [2.75, 3.05) is 11.6 Å². The largest absolute Gasteiger partial charge is 0.393 e. The molecule has 0 atom stereocenters. The molecule has 4 N–H and O–H groups in total. The number of nitrogens with zero attached hydrogens (tertiary/aromatic N) is 2. The molecule has 0 aliphatic heterocycles. The van der Waals surface area contributed by atoms with Crippen molar-refractivity contribution in [1.29, 1.82) is 0 Å². The molecular weight excluding hydrogens is 236 g/mol. The van der Waals surface area contributed by atoms with Crippen molar-refractivity contribution in [3.8, 4) is 0 Å². The van der Waals surface area contributed by atoms with Gasteiger partial charge in [-0.2, -0.15) is 4.57 Å². The van der Waals surface area contributed by atoms with Crippen LogP contribution in [-0.4, -0.2) is 15.7 Å². The number of hydrogen-bond donors (Lipinski definition) is 2. The van der Waals surface area contributed by atoms with Crippen LogP contribution in [0.1, 0.15) is 43.7 Å². The van der Waals surface area contributed by atoms with E-state index in [-0.39, 0.29) is 18.0 Å². The summed E-state index contributed by atoms with van der Waals surface area (Å²) >= 11 is 0. The highest BCUT2D eigenvalue weighted by molar-refractivity contribution is 5.55. The molecular formula is C11H16N4O3. The highest BCUT2D eigenvalue weighted by Crippen LogP contribution is 2.33. The molecule has 18 heavy (non-hydrogen) atoms. The van der Waals surface area contributed by atoms with Gasteiger partial charge in [-0.25, -0.2) is 9.47 Å². The normalized spacial score (nSPS) is 16.7. The highest BCUT2D eigenvalue weighted by atomic mass is 16.2. The summed E-state index contributed by atoms with van der Waals surface area (Å²) in [6, 6.07) is 0. The Morgan fingerprint density at radius 1 is 1.17 bits per heavy atom. The average Bonchev–Trinajstić information content (AvgIpc) is 2.39. The summed E-state index contributed by atoms with van der Waals surface area (Å²) in [6.07, 6.45) is 5.02. The number of anilines is 1. The molecule has 2 rings (SSSR count). The highest BCUT2D eigenvalue weighted by Gasteiger charge is 2.24. The molecule has 1 fully saturated rings. The molecule has 1 aliphatic rings. The Morgan fingerprint density at radius 2 is 1.78 bits per heavy atom. The summed E-state index contributed by atoms with van der Waals surface area (Å²) in [5.41, 5.74) is 4.37. The molecule has 1 aromatic rings. The second-order valence-electron chi connectivity index (χ2n) is 4.57. The van der Waals surface area contributed by atoms with Gasteiger partial charge in [0.15, 0.2) is 0 Å². The third-order valence-electron chi connectivity index (χ3n) is 3.49.